The first kappa shape index (κ1) is 15.0. The summed E-state index contributed by atoms with van der Waals surface area (Å²) in [7, 11) is 1.72. The highest BCUT2D eigenvalue weighted by Gasteiger charge is 2.09. The predicted octanol–water partition coefficient (Wildman–Crippen LogP) is 1.34. The number of halogens is 1. The molecule has 2 aromatic rings. The SMILES string of the molecule is CN(CCOc1ccc(F)cc1)C(=O)CCn1cncn1. The van der Waals surface area contributed by atoms with Crippen LogP contribution in [-0.2, 0) is 11.3 Å². The molecule has 0 unspecified atom stereocenters. The summed E-state index contributed by atoms with van der Waals surface area (Å²) in [4.78, 5) is 17.3. The van der Waals surface area contributed by atoms with Crippen LogP contribution in [0.25, 0.3) is 0 Å². The van der Waals surface area contributed by atoms with Crippen LogP contribution in [0.15, 0.2) is 36.9 Å². The number of nitrogens with zero attached hydrogens (tertiary/aromatic N) is 4. The van der Waals surface area contributed by atoms with Gasteiger partial charge in [0.2, 0.25) is 5.91 Å². The van der Waals surface area contributed by atoms with Gasteiger partial charge in [0.25, 0.3) is 0 Å². The van der Waals surface area contributed by atoms with Crippen molar-refractivity contribution in [1.82, 2.24) is 19.7 Å². The maximum atomic E-state index is 12.7. The van der Waals surface area contributed by atoms with Gasteiger partial charge in [0.05, 0.1) is 13.1 Å². The summed E-state index contributed by atoms with van der Waals surface area (Å²) in [5.74, 6) is 0.288. The second-order valence-corrected chi connectivity index (χ2v) is 4.53. The van der Waals surface area contributed by atoms with Crippen molar-refractivity contribution in [2.45, 2.75) is 13.0 Å². The molecule has 0 N–H and O–H groups in total. The number of aryl methyl sites for hydroxylation is 1. The minimum atomic E-state index is -0.303. The average Bonchev–Trinajstić information content (AvgIpc) is 3.00. The van der Waals surface area contributed by atoms with E-state index in [0.29, 0.717) is 31.9 Å². The zero-order valence-corrected chi connectivity index (χ0v) is 11.8. The molecular weight excluding hydrogens is 275 g/mol. The van der Waals surface area contributed by atoms with Crippen molar-refractivity contribution in [3.05, 3.63) is 42.7 Å². The smallest absolute Gasteiger partial charge is 0.224 e. The van der Waals surface area contributed by atoms with Crippen LogP contribution in [0.1, 0.15) is 6.42 Å². The fourth-order valence-corrected chi connectivity index (χ4v) is 1.71. The molecule has 0 atom stereocenters. The number of hydrogen-bond donors (Lipinski definition) is 0. The van der Waals surface area contributed by atoms with Crippen molar-refractivity contribution in [3.63, 3.8) is 0 Å². The molecule has 0 aliphatic heterocycles. The molecule has 6 nitrogen and oxygen atoms in total. The highest BCUT2D eigenvalue weighted by atomic mass is 19.1. The number of carbonyl (C=O) groups excluding carboxylic acids is 1. The highest BCUT2D eigenvalue weighted by molar-refractivity contribution is 5.75. The summed E-state index contributed by atoms with van der Waals surface area (Å²) in [6.07, 6.45) is 3.37. The lowest BCUT2D eigenvalue weighted by Crippen LogP contribution is -2.31. The molecular formula is C14H17FN4O2. The number of carbonyl (C=O) groups is 1. The van der Waals surface area contributed by atoms with Gasteiger partial charge < -0.3 is 9.64 Å². The van der Waals surface area contributed by atoms with E-state index in [0.717, 1.165) is 0 Å². The number of rotatable bonds is 7. The molecule has 0 bridgehead atoms. The van der Waals surface area contributed by atoms with E-state index in [1.807, 2.05) is 0 Å². The summed E-state index contributed by atoms with van der Waals surface area (Å²) in [6.45, 7) is 1.33. The lowest BCUT2D eigenvalue weighted by Gasteiger charge is -2.17. The normalized spacial score (nSPS) is 10.4. The van der Waals surface area contributed by atoms with Gasteiger partial charge >= 0.3 is 0 Å². The molecule has 1 heterocycles. The molecule has 0 fully saturated rings. The van der Waals surface area contributed by atoms with Gasteiger partial charge in [-0.15, -0.1) is 0 Å². The molecule has 0 spiro atoms. The van der Waals surface area contributed by atoms with E-state index in [9.17, 15) is 9.18 Å². The molecule has 0 saturated carbocycles. The van der Waals surface area contributed by atoms with E-state index in [-0.39, 0.29) is 11.7 Å². The van der Waals surface area contributed by atoms with Gasteiger partial charge in [-0.25, -0.2) is 9.37 Å². The minimum absolute atomic E-state index is 0.00760. The summed E-state index contributed by atoms with van der Waals surface area (Å²) >= 11 is 0. The third-order valence-electron chi connectivity index (χ3n) is 2.96. The molecule has 1 aromatic heterocycles. The highest BCUT2D eigenvalue weighted by Crippen LogP contribution is 2.10. The van der Waals surface area contributed by atoms with Crippen LogP contribution in [0, 0.1) is 5.82 Å². The van der Waals surface area contributed by atoms with Crippen LogP contribution >= 0.6 is 0 Å². The van der Waals surface area contributed by atoms with Crippen LogP contribution in [0.3, 0.4) is 0 Å². The van der Waals surface area contributed by atoms with E-state index < -0.39 is 0 Å². The Morgan fingerprint density at radius 1 is 1.38 bits per heavy atom. The lowest BCUT2D eigenvalue weighted by atomic mass is 10.3. The second kappa shape index (κ2) is 7.37. The Morgan fingerprint density at radius 3 is 2.81 bits per heavy atom. The first-order chi connectivity index (χ1) is 10.1. The Morgan fingerprint density at radius 2 is 2.14 bits per heavy atom. The largest absolute Gasteiger partial charge is 0.492 e. The Hall–Kier alpha value is -2.44. The van der Waals surface area contributed by atoms with Gasteiger partial charge in [0.1, 0.15) is 30.8 Å². The second-order valence-electron chi connectivity index (χ2n) is 4.53. The van der Waals surface area contributed by atoms with E-state index in [1.54, 1.807) is 35.1 Å². The maximum Gasteiger partial charge on any atom is 0.224 e. The zero-order chi connectivity index (χ0) is 15.1. The number of hydrogen-bond acceptors (Lipinski definition) is 4. The minimum Gasteiger partial charge on any atom is -0.492 e. The Labute approximate surface area is 122 Å². The first-order valence-electron chi connectivity index (χ1n) is 6.60. The van der Waals surface area contributed by atoms with Gasteiger partial charge in [0.15, 0.2) is 0 Å². The van der Waals surface area contributed by atoms with Crippen molar-refractivity contribution in [3.8, 4) is 5.75 Å². The topological polar surface area (TPSA) is 60.2 Å². The van der Waals surface area contributed by atoms with Gasteiger partial charge in [-0.05, 0) is 24.3 Å². The molecule has 21 heavy (non-hydrogen) atoms. The van der Waals surface area contributed by atoms with Crippen molar-refractivity contribution in [2.24, 2.45) is 0 Å². The molecule has 0 radical (unpaired) electrons. The van der Waals surface area contributed by atoms with Crippen LogP contribution < -0.4 is 4.74 Å². The molecule has 112 valence electrons. The molecule has 1 amide bonds. The number of amides is 1. The van der Waals surface area contributed by atoms with Gasteiger partial charge in [-0.2, -0.15) is 5.10 Å². The predicted molar refractivity (Wildman–Crippen MR) is 74.2 cm³/mol. The molecule has 0 aliphatic carbocycles. The first-order valence-corrected chi connectivity index (χ1v) is 6.60. The third-order valence-corrected chi connectivity index (χ3v) is 2.96. The van der Waals surface area contributed by atoms with E-state index in [1.165, 1.54) is 18.5 Å². The fourth-order valence-electron chi connectivity index (χ4n) is 1.71. The third kappa shape index (κ3) is 4.87. The van der Waals surface area contributed by atoms with Crippen molar-refractivity contribution >= 4 is 5.91 Å². The van der Waals surface area contributed by atoms with Crippen LogP contribution in [0.4, 0.5) is 4.39 Å². The van der Waals surface area contributed by atoms with E-state index in [2.05, 4.69) is 10.1 Å². The summed E-state index contributed by atoms with van der Waals surface area (Å²) in [5, 5.41) is 3.94. The summed E-state index contributed by atoms with van der Waals surface area (Å²) < 4.78 is 19.8. The van der Waals surface area contributed by atoms with Crippen molar-refractivity contribution < 1.29 is 13.9 Å². The van der Waals surface area contributed by atoms with Crippen LogP contribution in [0.5, 0.6) is 5.75 Å². The Kier molecular flexibility index (Phi) is 5.25. The van der Waals surface area contributed by atoms with Crippen molar-refractivity contribution in [2.75, 3.05) is 20.2 Å². The fraction of sp³-hybridized carbons (Fsp3) is 0.357. The molecule has 2 rings (SSSR count). The number of likely N-dealkylation sites (N-methyl/N-ethyl adjacent to an activating group) is 1. The standard InChI is InChI=1S/C14H17FN4O2/c1-18(14(20)6-7-19-11-16-10-17-19)8-9-21-13-4-2-12(15)3-5-13/h2-5,10-11H,6-9H2,1H3. The maximum absolute atomic E-state index is 12.7. The van der Waals surface area contributed by atoms with Gasteiger partial charge in [-0.1, -0.05) is 0 Å². The zero-order valence-electron chi connectivity index (χ0n) is 11.8. The molecule has 0 aliphatic rings. The summed E-state index contributed by atoms with van der Waals surface area (Å²) in [5.41, 5.74) is 0. The summed E-state index contributed by atoms with van der Waals surface area (Å²) in [6, 6.07) is 5.79. The Balaban J connectivity index is 1.67. The van der Waals surface area contributed by atoms with Crippen molar-refractivity contribution in [1.29, 1.82) is 0 Å². The molecule has 0 saturated heterocycles. The van der Waals surface area contributed by atoms with Crippen LogP contribution in [0.2, 0.25) is 0 Å². The Bertz CT molecular complexity index is 557. The van der Waals surface area contributed by atoms with Gasteiger partial charge in [-0.3, -0.25) is 9.48 Å². The number of ether oxygens (including phenoxy) is 1. The van der Waals surface area contributed by atoms with Crippen LogP contribution in [-0.4, -0.2) is 45.8 Å². The van der Waals surface area contributed by atoms with Gasteiger partial charge in [0, 0.05) is 13.5 Å². The number of aromatic nitrogens is 3. The molecule has 7 heteroatoms. The lowest BCUT2D eigenvalue weighted by molar-refractivity contribution is -0.130. The number of benzene rings is 1. The van der Waals surface area contributed by atoms with E-state index in [4.69, 9.17) is 4.74 Å². The monoisotopic (exact) mass is 292 g/mol. The quantitative estimate of drug-likeness (QED) is 0.773. The van der Waals surface area contributed by atoms with E-state index >= 15 is 0 Å². The average molecular weight is 292 g/mol. The molecule has 1 aromatic carbocycles.